The van der Waals surface area contributed by atoms with Crippen LogP contribution in [0.1, 0.15) is 47.1 Å². The van der Waals surface area contributed by atoms with Crippen molar-refractivity contribution in [3.05, 3.63) is 35.9 Å². The first-order valence-electron chi connectivity index (χ1n) is 14.9. The van der Waals surface area contributed by atoms with E-state index in [-0.39, 0.29) is 6.61 Å². The van der Waals surface area contributed by atoms with Gasteiger partial charge in [0, 0.05) is 41.5 Å². The fraction of sp³-hybridized carbons (Fsp3) is 0.613. The lowest BCUT2D eigenvalue weighted by atomic mass is 9.96. The molecular weight excluding hydrogens is 644 g/mol. The summed E-state index contributed by atoms with van der Waals surface area (Å²) in [5.74, 6) is -4.72. The molecule has 17 nitrogen and oxygen atoms in total. The molecule has 0 saturated carbocycles. The quantitative estimate of drug-likeness (QED) is 0.218. The number of rotatable bonds is 13. The van der Waals surface area contributed by atoms with Gasteiger partial charge in [-0.2, -0.15) is 0 Å². The summed E-state index contributed by atoms with van der Waals surface area (Å²) in [5, 5.41) is 11.1. The van der Waals surface area contributed by atoms with E-state index in [9.17, 15) is 33.9 Å². The summed E-state index contributed by atoms with van der Waals surface area (Å²) in [7, 11) is 0. The maximum absolute atomic E-state index is 12.4. The van der Waals surface area contributed by atoms with Gasteiger partial charge in [-0.1, -0.05) is 30.3 Å². The third-order valence-corrected chi connectivity index (χ3v) is 6.89. The second kappa shape index (κ2) is 17.8. The summed E-state index contributed by atoms with van der Waals surface area (Å²) < 4.78 is 56.0. The van der Waals surface area contributed by atoms with Gasteiger partial charge in [0.25, 0.3) is 0 Å². The fourth-order valence-corrected chi connectivity index (χ4v) is 5.12. The van der Waals surface area contributed by atoms with E-state index >= 15 is 0 Å². The van der Waals surface area contributed by atoms with Crippen molar-refractivity contribution in [3.8, 4) is 0 Å². The molecule has 0 unspecified atom stereocenters. The molecule has 0 aliphatic carbocycles. The van der Waals surface area contributed by atoms with E-state index in [4.69, 9.17) is 47.4 Å². The molecule has 0 amide bonds. The molecule has 17 heteroatoms. The highest BCUT2D eigenvalue weighted by Gasteiger charge is 2.56. The molecule has 48 heavy (non-hydrogen) atoms. The van der Waals surface area contributed by atoms with Crippen LogP contribution in [0.4, 0.5) is 0 Å². The van der Waals surface area contributed by atoms with E-state index in [0.29, 0.717) is 5.56 Å². The maximum atomic E-state index is 12.4. The summed E-state index contributed by atoms with van der Waals surface area (Å²) >= 11 is 0. The molecular formula is C31H40O17. The number of hydrogen-bond donors (Lipinski definition) is 1. The van der Waals surface area contributed by atoms with Crippen LogP contribution >= 0.6 is 0 Å². The van der Waals surface area contributed by atoms with Crippen LogP contribution in [0.3, 0.4) is 0 Å². The third kappa shape index (κ3) is 11.2. The minimum atomic E-state index is -1.94. The van der Waals surface area contributed by atoms with Gasteiger partial charge < -0.3 is 52.5 Å². The second-order valence-electron chi connectivity index (χ2n) is 10.9. The lowest BCUT2D eigenvalue weighted by Crippen LogP contribution is -2.66. The Kier molecular flexibility index (Phi) is 14.2. The minimum absolute atomic E-state index is 0.0777. The molecule has 2 aliphatic rings. The van der Waals surface area contributed by atoms with Crippen molar-refractivity contribution in [2.45, 2.75) is 110 Å². The zero-order valence-corrected chi connectivity index (χ0v) is 27.3. The Labute approximate surface area is 275 Å². The number of benzene rings is 1. The van der Waals surface area contributed by atoms with Crippen molar-refractivity contribution >= 4 is 35.8 Å². The van der Waals surface area contributed by atoms with Gasteiger partial charge in [0.15, 0.2) is 43.1 Å². The molecule has 1 N–H and O–H groups in total. The summed E-state index contributed by atoms with van der Waals surface area (Å²) in [6, 6.07) is 8.83. The summed E-state index contributed by atoms with van der Waals surface area (Å²) in [4.78, 5) is 72.3. The van der Waals surface area contributed by atoms with Crippen molar-refractivity contribution in [2.75, 3.05) is 13.2 Å². The van der Waals surface area contributed by atoms with Crippen LogP contribution < -0.4 is 0 Å². The van der Waals surface area contributed by atoms with Crippen molar-refractivity contribution in [2.24, 2.45) is 0 Å². The first kappa shape index (κ1) is 38.3. The SMILES string of the molecule is CC(=O)OC[C@H]1O[C@H](O)[C@H](O[C@@H]2O[C@H](COC(C)=O)[C@@H](OC(C)=O)[C@@H](OCc3ccccc3)[C@@H]2OC(C)=O)[C@H](OC(C)=O)[C@H]1OC(C)=O. The van der Waals surface area contributed by atoms with Crippen molar-refractivity contribution < 1.29 is 81.2 Å². The second-order valence-corrected chi connectivity index (χ2v) is 10.9. The average Bonchev–Trinajstić information content (AvgIpc) is 2.98. The molecule has 266 valence electrons. The normalized spacial score (nSPS) is 29.9. The van der Waals surface area contributed by atoms with E-state index in [1.54, 1.807) is 30.3 Å². The number of carbonyl (C=O) groups is 6. The zero-order chi connectivity index (χ0) is 35.5. The summed E-state index contributed by atoms with van der Waals surface area (Å²) in [5.41, 5.74) is 0.690. The lowest BCUT2D eigenvalue weighted by Gasteiger charge is -2.48. The number of ether oxygens (including phenoxy) is 10. The highest BCUT2D eigenvalue weighted by atomic mass is 16.8. The number of aliphatic hydroxyl groups is 1. The topological polar surface area (TPSA) is 215 Å². The minimum Gasteiger partial charge on any atom is -0.463 e. The third-order valence-electron chi connectivity index (χ3n) is 6.89. The molecule has 2 fully saturated rings. The van der Waals surface area contributed by atoms with Gasteiger partial charge in [-0.25, -0.2) is 0 Å². The molecule has 0 bridgehead atoms. The predicted octanol–water partition coefficient (Wildman–Crippen LogP) is 0.252. The molecule has 1 aromatic rings. The Hall–Kier alpha value is -4.16. The Morgan fingerprint density at radius 2 is 1.04 bits per heavy atom. The van der Waals surface area contributed by atoms with Gasteiger partial charge in [-0.3, -0.25) is 28.8 Å². The van der Waals surface area contributed by atoms with Crippen LogP contribution in [0, 0.1) is 0 Å². The Balaban J connectivity index is 2.06. The molecule has 2 aliphatic heterocycles. The number of hydrogen-bond acceptors (Lipinski definition) is 17. The first-order valence-corrected chi connectivity index (χ1v) is 14.9. The molecule has 10 atom stereocenters. The molecule has 2 heterocycles. The lowest BCUT2D eigenvalue weighted by molar-refractivity contribution is -0.365. The number of esters is 6. The van der Waals surface area contributed by atoms with Crippen LogP contribution in [-0.2, 0) is 82.7 Å². The van der Waals surface area contributed by atoms with E-state index in [1.165, 1.54) is 0 Å². The molecule has 0 radical (unpaired) electrons. The van der Waals surface area contributed by atoms with E-state index < -0.39 is 110 Å². The van der Waals surface area contributed by atoms with Gasteiger partial charge in [-0.05, 0) is 5.56 Å². The summed E-state index contributed by atoms with van der Waals surface area (Å²) in [6.45, 7) is 5.54. The van der Waals surface area contributed by atoms with Crippen LogP contribution in [0.15, 0.2) is 30.3 Å². The molecule has 0 spiro atoms. The van der Waals surface area contributed by atoms with E-state index in [1.807, 2.05) is 0 Å². The van der Waals surface area contributed by atoms with E-state index in [2.05, 4.69) is 0 Å². The molecule has 2 saturated heterocycles. The average molecular weight is 685 g/mol. The summed E-state index contributed by atoms with van der Waals surface area (Å²) in [6.07, 6.45) is -15.2. The van der Waals surface area contributed by atoms with Crippen molar-refractivity contribution in [1.29, 1.82) is 0 Å². The standard InChI is InChI=1S/C31H40O17/c1-15(32)39-13-22-25(43-18(4)35)27(44-19(5)36)28(30(38)46-22)48-31-29(45-20(6)37)26(41-12-21-10-8-7-9-11-21)24(42-17(3)34)23(47-31)14-40-16(2)33/h7-11,22-31,38H,12-14H2,1-6H3/t22-,23-,24-,25+,26-,27-,28-,29+,30+,31+/m1/s1. The van der Waals surface area contributed by atoms with Crippen LogP contribution in [0.2, 0.25) is 0 Å². The van der Waals surface area contributed by atoms with Crippen LogP contribution in [0.5, 0.6) is 0 Å². The monoisotopic (exact) mass is 684 g/mol. The number of carbonyl (C=O) groups excluding carboxylic acids is 6. The Bertz CT molecular complexity index is 1280. The zero-order valence-electron chi connectivity index (χ0n) is 27.3. The fourth-order valence-electron chi connectivity index (χ4n) is 5.12. The molecule has 1 aromatic carbocycles. The number of aliphatic hydroxyl groups excluding tert-OH is 1. The largest absolute Gasteiger partial charge is 0.463 e. The van der Waals surface area contributed by atoms with E-state index in [0.717, 1.165) is 41.5 Å². The van der Waals surface area contributed by atoms with Crippen LogP contribution in [-0.4, -0.2) is 116 Å². The van der Waals surface area contributed by atoms with Crippen LogP contribution in [0.25, 0.3) is 0 Å². The van der Waals surface area contributed by atoms with Crippen molar-refractivity contribution in [1.82, 2.24) is 0 Å². The predicted molar refractivity (Wildman–Crippen MR) is 155 cm³/mol. The Morgan fingerprint density at radius 1 is 0.583 bits per heavy atom. The van der Waals surface area contributed by atoms with Gasteiger partial charge in [0.2, 0.25) is 0 Å². The highest BCUT2D eigenvalue weighted by molar-refractivity contribution is 5.68. The Morgan fingerprint density at radius 3 is 1.54 bits per heavy atom. The molecule has 3 rings (SSSR count). The highest BCUT2D eigenvalue weighted by Crippen LogP contribution is 2.35. The smallest absolute Gasteiger partial charge is 0.303 e. The van der Waals surface area contributed by atoms with Gasteiger partial charge >= 0.3 is 35.8 Å². The maximum Gasteiger partial charge on any atom is 0.303 e. The molecule has 0 aromatic heterocycles. The van der Waals surface area contributed by atoms with Gasteiger partial charge in [0.1, 0.15) is 31.5 Å². The van der Waals surface area contributed by atoms with Crippen molar-refractivity contribution in [3.63, 3.8) is 0 Å². The van der Waals surface area contributed by atoms with Gasteiger partial charge in [0.05, 0.1) is 6.61 Å². The first-order chi connectivity index (χ1) is 22.7. The van der Waals surface area contributed by atoms with Gasteiger partial charge in [-0.15, -0.1) is 0 Å².